The Bertz CT molecular complexity index is 497. The highest BCUT2D eigenvalue weighted by molar-refractivity contribution is 6.05. The van der Waals surface area contributed by atoms with Crippen LogP contribution in [0.4, 0.5) is 0 Å². The Morgan fingerprint density at radius 1 is 1.14 bits per heavy atom. The largest absolute Gasteiger partial charge is 0.392 e. The van der Waals surface area contributed by atoms with Gasteiger partial charge in [-0.2, -0.15) is 0 Å². The van der Waals surface area contributed by atoms with Gasteiger partial charge >= 0.3 is 0 Å². The molecular weight excluding hydrogens is 282 g/mol. The molecule has 3 aliphatic heterocycles. The molecule has 4 fully saturated rings. The standard InChI is InChI=1S/C16H25N3O3/c1-17-14(21)13-7-12(20)8-19(13)16(15(17)22)9-18(10-16)11-5-3-2-4-6-11/h11-13,20H,2-10H2,1H3/t12-,13+/m1/s1. The lowest BCUT2D eigenvalue weighted by atomic mass is 9.79. The van der Waals surface area contributed by atoms with E-state index in [1.54, 1.807) is 7.05 Å². The summed E-state index contributed by atoms with van der Waals surface area (Å²) < 4.78 is 0. The van der Waals surface area contributed by atoms with Crippen LogP contribution >= 0.6 is 0 Å². The molecule has 1 N–H and O–H groups in total. The third kappa shape index (κ3) is 1.90. The number of likely N-dealkylation sites (N-methyl/N-ethyl adjacent to an activating group) is 1. The number of nitrogens with zero attached hydrogens (tertiary/aromatic N) is 3. The summed E-state index contributed by atoms with van der Waals surface area (Å²) in [5, 5.41) is 9.98. The van der Waals surface area contributed by atoms with E-state index in [1.807, 2.05) is 4.90 Å². The van der Waals surface area contributed by atoms with Crippen molar-refractivity contribution >= 4 is 11.8 Å². The summed E-state index contributed by atoms with van der Waals surface area (Å²) in [6.45, 7) is 1.89. The van der Waals surface area contributed by atoms with Gasteiger partial charge < -0.3 is 5.11 Å². The van der Waals surface area contributed by atoms with Gasteiger partial charge in [0, 0.05) is 32.7 Å². The summed E-state index contributed by atoms with van der Waals surface area (Å²) in [5.41, 5.74) is -0.567. The molecule has 1 spiro atoms. The summed E-state index contributed by atoms with van der Waals surface area (Å²) in [7, 11) is 1.59. The molecule has 122 valence electrons. The molecule has 2 amide bonds. The van der Waals surface area contributed by atoms with Crippen molar-refractivity contribution in [3.05, 3.63) is 0 Å². The molecule has 6 heteroatoms. The molecule has 1 aliphatic carbocycles. The first-order chi connectivity index (χ1) is 10.5. The number of hydrogen-bond acceptors (Lipinski definition) is 5. The average Bonchev–Trinajstić information content (AvgIpc) is 2.87. The molecule has 0 radical (unpaired) electrons. The molecule has 4 rings (SSSR count). The number of likely N-dealkylation sites (tertiary alicyclic amines) is 1. The molecular formula is C16H25N3O3. The number of imide groups is 1. The fourth-order valence-electron chi connectivity index (χ4n) is 4.93. The topological polar surface area (TPSA) is 64.1 Å². The Labute approximate surface area is 131 Å². The Morgan fingerprint density at radius 3 is 2.50 bits per heavy atom. The molecule has 0 bridgehead atoms. The Kier molecular flexibility index (Phi) is 3.33. The van der Waals surface area contributed by atoms with Gasteiger partial charge in [-0.25, -0.2) is 0 Å². The van der Waals surface area contributed by atoms with E-state index in [4.69, 9.17) is 0 Å². The monoisotopic (exact) mass is 307 g/mol. The Morgan fingerprint density at radius 2 is 1.82 bits per heavy atom. The Hall–Kier alpha value is -0.980. The number of carbonyl (C=O) groups is 2. The molecule has 6 nitrogen and oxygen atoms in total. The second kappa shape index (κ2) is 5.01. The number of hydrogen-bond donors (Lipinski definition) is 1. The quantitative estimate of drug-likeness (QED) is 0.680. The minimum absolute atomic E-state index is 0.0742. The normalized spacial score (nSPS) is 36.7. The third-order valence-corrected chi connectivity index (χ3v) is 6.17. The van der Waals surface area contributed by atoms with Gasteiger partial charge in [0.05, 0.1) is 12.1 Å². The summed E-state index contributed by atoms with van der Waals surface area (Å²) in [5.74, 6) is -0.224. The van der Waals surface area contributed by atoms with Crippen LogP contribution in [0.2, 0.25) is 0 Å². The molecule has 0 aromatic rings. The van der Waals surface area contributed by atoms with Crippen LogP contribution in [0.5, 0.6) is 0 Å². The van der Waals surface area contributed by atoms with Crippen molar-refractivity contribution in [2.75, 3.05) is 26.7 Å². The zero-order valence-electron chi connectivity index (χ0n) is 13.2. The molecule has 0 unspecified atom stereocenters. The van der Waals surface area contributed by atoms with Crippen LogP contribution in [-0.4, -0.2) is 82.0 Å². The van der Waals surface area contributed by atoms with E-state index in [0.717, 1.165) is 13.1 Å². The van der Waals surface area contributed by atoms with Gasteiger partial charge in [0.2, 0.25) is 5.91 Å². The van der Waals surface area contributed by atoms with E-state index in [-0.39, 0.29) is 17.9 Å². The van der Waals surface area contributed by atoms with Gasteiger partial charge in [-0.05, 0) is 19.3 Å². The molecule has 0 aromatic heterocycles. The predicted molar refractivity (Wildman–Crippen MR) is 80.1 cm³/mol. The molecule has 3 heterocycles. The molecule has 1 saturated carbocycles. The van der Waals surface area contributed by atoms with Crippen molar-refractivity contribution < 1.29 is 14.7 Å². The van der Waals surface area contributed by atoms with Gasteiger partial charge in [-0.3, -0.25) is 24.3 Å². The van der Waals surface area contributed by atoms with Crippen LogP contribution < -0.4 is 0 Å². The lowest BCUT2D eigenvalue weighted by molar-refractivity contribution is -0.181. The maximum absolute atomic E-state index is 12.8. The maximum Gasteiger partial charge on any atom is 0.252 e. The SMILES string of the molecule is CN1C(=O)[C@@H]2C[C@@H](O)CN2C2(CN(C3CCCCC3)C2)C1=O. The lowest BCUT2D eigenvalue weighted by Gasteiger charge is -2.60. The van der Waals surface area contributed by atoms with Crippen LogP contribution in [0.1, 0.15) is 38.5 Å². The number of β-amino-alcohol motifs (C(OH)–C–C–N with tert-alkyl or cyclic N) is 1. The molecule has 22 heavy (non-hydrogen) atoms. The van der Waals surface area contributed by atoms with Crippen molar-refractivity contribution in [1.82, 2.24) is 14.7 Å². The zero-order valence-corrected chi connectivity index (χ0v) is 13.2. The van der Waals surface area contributed by atoms with Gasteiger partial charge in [0.15, 0.2) is 0 Å². The van der Waals surface area contributed by atoms with Gasteiger partial charge in [-0.15, -0.1) is 0 Å². The Balaban J connectivity index is 1.55. The highest BCUT2D eigenvalue weighted by Gasteiger charge is 2.64. The second-order valence-corrected chi connectivity index (χ2v) is 7.49. The summed E-state index contributed by atoms with van der Waals surface area (Å²) in [6.07, 6.45) is 6.31. The summed E-state index contributed by atoms with van der Waals surface area (Å²) in [6, 6.07) is 0.285. The van der Waals surface area contributed by atoms with Gasteiger partial charge in [0.25, 0.3) is 5.91 Å². The number of amides is 2. The van der Waals surface area contributed by atoms with Crippen LogP contribution in [0.15, 0.2) is 0 Å². The number of piperazine rings is 1. The van der Waals surface area contributed by atoms with Crippen molar-refractivity contribution in [2.24, 2.45) is 0 Å². The highest BCUT2D eigenvalue weighted by Crippen LogP contribution is 2.42. The van der Waals surface area contributed by atoms with E-state index in [2.05, 4.69) is 4.90 Å². The first-order valence-corrected chi connectivity index (χ1v) is 8.54. The van der Waals surface area contributed by atoms with Crippen molar-refractivity contribution in [1.29, 1.82) is 0 Å². The average molecular weight is 307 g/mol. The first kappa shape index (κ1) is 14.6. The molecule has 3 saturated heterocycles. The third-order valence-electron chi connectivity index (χ3n) is 6.17. The van der Waals surface area contributed by atoms with Crippen molar-refractivity contribution in [2.45, 2.75) is 62.3 Å². The summed E-state index contributed by atoms with van der Waals surface area (Å²) in [4.78, 5) is 30.8. The minimum atomic E-state index is -0.567. The maximum atomic E-state index is 12.8. The lowest BCUT2D eigenvalue weighted by Crippen LogP contribution is -2.82. The van der Waals surface area contributed by atoms with Crippen LogP contribution in [0.3, 0.4) is 0 Å². The van der Waals surface area contributed by atoms with Crippen LogP contribution in [-0.2, 0) is 9.59 Å². The second-order valence-electron chi connectivity index (χ2n) is 7.49. The number of aliphatic hydroxyl groups is 1. The number of aliphatic hydroxyl groups excluding tert-OH is 1. The van der Waals surface area contributed by atoms with Crippen molar-refractivity contribution in [3.8, 4) is 0 Å². The number of rotatable bonds is 1. The minimum Gasteiger partial charge on any atom is -0.392 e. The van der Waals surface area contributed by atoms with Crippen molar-refractivity contribution in [3.63, 3.8) is 0 Å². The number of carbonyl (C=O) groups excluding carboxylic acids is 2. The summed E-state index contributed by atoms with van der Waals surface area (Å²) >= 11 is 0. The molecule has 2 atom stereocenters. The number of fused-ring (bicyclic) bond motifs is 2. The first-order valence-electron chi connectivity index (χ1n) is 8.54. The fraction of sp³-hybridized carbons (Fsp3) is 0.875. The fourth-order valence-corrected chi connectivity index (χ4v) is 4.93. The molecule has 0 aromatic carbocycles. The smallest absolute Gasteiger partial charge is 0.252 e. The van der Waals surface area contributed by atoms with E-state index in [9.17, 15) is 14.7 Å². The van der Waals surface area contributed by atoms with Gasteiger partial charge in [0.1, 0.15) is 5.54 Å². The van der Waals surface area contributed by atoms with Crippen LogP contribution in [0.25, 0.3) is 0 Å². The predicted octanol–water partition coefficient (Wildman–Crippen LogP) is -0.193. The van der Waals surface area contributed by atoms with E-state index in [1.165, 1.54) is 37.0 Å². The molecule has 4 aliphatic rings. The zero-order chi connectivity index (χ0) is 15.5. The highest BCUT2D eigenvalue weighted by atomic mass is 16.3. The van der Waals surface area contributed by atoms with E-state index < -0.39 is 11.6 Å². The van der Waals surface area contributed by atoms with Crippen LogP contribution in [0, 0.1) is 0 Å². The van der Waals surface area contributed by atoms with E-state index in [0.29, 0.717) is 19.0 Å². The van der Waals surface area contributed by atoms with Gasteiger partial charge in [-0.1, -0.05) is 19.3 Å². The van der Waals surface area contributed by atoms with E-state index >= 15 is 0 Å².